The van der Waals surface area contributed by atoms with Gasteiger partial charge in [0.25, 0.3) is 5.91 Å². The molecule has 2 aromatic heterocycles. The van der Waals surface area contributed by atoms with E-state index >= 15 is 0 Å². The minimum Gasteiger partial charge on any atom is -0.494 e. The first-order valence-electron chi connectivity index (χ1n) is 23.7. The average Bonchev–Trinajstić information content (AvgIpc) is 3.60. The number of carbonyl (C=O) groups excluding carboxylic acids is 2. The number of aryl methyl sites for hydroxylation is 2. The van der Waals surface area contributed by atoms with Gasteiger partial charge in [0, 0.05) is 52.9 Å². The summed E-state index contributed by atoms with van der Waals surface area (Å²) in [6.45, 7) is 6.13. The largest absolute Gasteiger partial charge is 0.494 e. The fourth-order valence-corrected chi connectivity index (χ4v) is 11.0. The van der Waals surface area contributed by atoms with E-state index in [0.717, 1.165) is 73.1 Å². The first kappa shape index (κ1) is 46.6. The molecule has 3 aromatic carbocycles. The maximum Gasteiger partial charge on any atom is 0.329 e. The number of fused-ring (bicyclic) bond motifs is 3. The normalized spacial score (nSPS) is 21.3. The second-order valence-electron chi connectivity index (χ2n) is 18.9. The van der Waals surface area contributed by atoms with E-state index in [-0.39, 0.29) is 22.9 Å². The highest BCUT2D eigenvalue weighted by Crippen LogP contribution is 2.57. The number of ether oxygens (including phenoxy) is 2. The van der Waals surface area contributed by atoms with Gasteiger partial charge >= 0.3 is 5.97 Å². The molecule has 0 bridgehead atoms. The Morgan fingerprint density at radius 2 is 1.77 bits per heavy atom. The van der Waals surface area contributed by atoms with Crippen molar-refractivity contribution in [3.63, 3.8) is 0 Å². The highest BCUT2D eigenvalue weighted by molar-refractivity contribution is 6.30. The monoisotopic (exact) mass is 911 g/mol. The molecule has 66 heavy (non-hydrogen) atoms. The lowest BCUT2D eigenvalue weighted by Crippen LogP contribution is -2.53. The van der Waals surface area contributed by atoms with Crippen molar-refractivity contribution in [1.29, 1.82) is 0 Å². The smallest absolute Gasteiger partial charge is 0.329 e. The van der Waals surface area contributed by atoms with Crippen molar-refractivity contribution in [3.8, 4) is 22.6 Å². The molecule has 1 unspecified atom stereocenters. The van der Waals surface area contributed by atoms with E-state index in [1.165, 1.54) is 22.4 Å². The molecular weight excluding hydrogens is 850 g/mol. The van der Waals surface area contributed by atoms with Gasteiger partial charge < -0.3 is 30.9 Å². The minimum absolute atomic E-state index is 0.00403. The first-order valence-corrected chi connectivity index (χ1v) is 24.0. The highest BCUT2D eigenvalue weighted by atomic mass is 35.5. The third kappa shape index (κ3) is 10.7. The zero-order valence-electron chi connectivity index (χ0n) is 38.1. The highest BCUT2D eigenvalue weighted by Gasteiger charge is 2.54. The number of nitrogens with two attached hydrogens (primary N) is 1. The molecule has 0 aliphatic heterocycles. The van der Waals surface area contributed by atoms with Crippen molar-refractivity contribution >= 4 is 35.1 Å². The summed E-state index contributed by atoms with van der Waals surface area (Å²) in [5.41, 5.74) is 13.0. The number of carbonyl (C=O) groups is 3. The number of primary amides is 1. The summed E-state index contributed by atoms with van der Waals surface area (Å²) in [5, 5.41) is 17.8. The fraction of sp³-hybridized carbons (Fsp3) is 0.426. The van der Waals surface area contributed by atoms with Crippen LogP contribution in [0.15, 0.2) is 97.3 Å². The minimum atomic E-state index is -1.12. The molecule has 5 aromatic rings. The van der Waals surface area contributed by atoms with E-state index in [9.17, 15) is 19.5 Å². The first-order chi connectivity index (χ1) is 31.9. The van der Waals surface area contributed by atoms with Crippen molar-refractivity contribution in [1.82, 2.24) is 15.3 Å². The van der Waals surface area contributed by atoms with Crippen LogP contribution in [0.5, 0.6) is 11.5 Å². The predicted octanol–water partition coefficient (Wildman–Crippen LogP) is 10.3. The maximum atomic E-state index is 13.1. The number of hydrogen-bond donors (Lipinski definition) is 4. The lowest BCUT2D eigenvalue weighted by atomic mass is 9.59. The molecule has 5 N–H and O–H groups in total. The number of rotatable bonds is 19. The van der Waals surface area contributed by atoms with Crippen LogP contribution in [0.3, 0.4) is 0 Å². The van der Waals surface area contributed by atoms with Gasteiger partial charge in [-0.2, -0.15) is 0 Å². The quantitative estimate of drug-likeness (QED) is 0.0590. The van der Waals surface area contributed by atoms with Crippen LogP contribution in [0, 0.1) is 11.8 Å². The standard InChI is InChI=1S/C54H62ClN5O6/c1-35(34-66-48-20-26-57-46-14-3-8-36(2)50(46)48)28-41-30-39-16-18-44(32-45(39)53(41)21-23-54(24-22-53,52(63)64)60-43-13-5-12-42(55)31-43)65-27-7-15-49(61)58-25-6-10-37-9-4-11-38(29-37)40-17-19-47(51(56)62)59-33-40/h4-5,9,11-13,16-20,26,29,31-33,35-36,41,60H,3,6-8,10,14-15,21-25,27-28,30,34H2,1-2H3,(H2,56,62)(H,58,61)(H,63,64)/t35-,36-,41?,53?,54?/m1/s1. The van der Waals surface area contributed by atoms with Crippen molar-refractivity contribution in [2.45, 2.75) is 114 Å². The Balaban J connectivity index is 0.876. The van der Waals surface area contributed by atoms with Crippen LogP contribution in [0.25, 0.3) is 11.1 Å². The van der Waals surface area contributed by atoms with Crippen molar-refractivity contribution in [2.24, 2.45) is 17.6 Å². The van der Waals surface area contributed by atoms with Gasteiger partial charge in [0.15, 0.2) is 0 Å². The molecule has 8 rings (SSSR count). The van der Waals surface area contributed by atoms with E-state index in [4.69, 9.17) is 26.8 Å². The molecule has 3 atom stereocenters. The van der Waals surface area contributed by atoms with Crippen molar-refractivity contribution in [2.75, 3.05) is 25.1 Å². The molecular formula is C54H62ClN5O6. The summed E-state index contributed by atoms with van der Waals surface area (Å²) in [4.78, 5) is 46.2. The Kier molecular flexibility index (Phi) is 14.6. The van der Waals surface area contributed by atoms with Crippen LogP contribution in [0.1, 0.15) is 122 Å². The second kappa shape index (κ2) is 20.7. The lowest BCUT2D eigenvalue weighted by molar-refractivity contribution is -0.144. The Labute approximate surface area is 393 Å². The maximum absolute atomic E-state index is 13.1. The summed E-state index contributed by atoms with van der Waals surface area (Å²) in [7, 11) is 0. The number of aromatic nitrogens is 2. The van der Waals surface area contributed by atoms with Gasteiger partial charge in [-0.05, 0) is 165 Å². The molecule has 3 aliphatic carbocycles. The summed E-state index contributed by atoms with van der Waals surface area (Å²) >= 11 is 6.32. The molecule has 3 aliphatic rings. The van der Waals surface area contributed by atoms with Gasteiger partial charge in [-0.15, -0.1) is 0 Å². The molecule has 12 heteroatoms. The number of aliphatic carboxylic acids is 1. The Hall–Kier alpha value is -5.94. The number of carboxylic acids is 1. The number of benzene rings is 3. The Morgan fingerprint density at radius 1 is 0.939 bits per heavy atom. The van der Waals surface area contributed by atoms with Crippen LogP contribution in [0.2, 0.25) is 5.02 Å². The van der Waals surface area contributed by atoms with Crippen LogP contribution in [0.4, 0.5) is 5.69 Å². The second-order valence-corrected chi connectivity index (χ2v) is 19.4. The SMILES string of the molecule is C[C@@H](COc1ccnc2c1[C@H](C)CCC2)CC1Cc2ccc(OCCCC(=O)NCCCc3cccc(-c4ccc(C(N)=O)nc4)c3)cc2C12CCC(Nc1cccc(Cl)c1)(C(=O)O)CC2. The van der Waals surface area contributed by atoms with Crippen LogP contribution in [-0.4, -0.2) is 58.2 Å². The molecule has 11 nitrogen and oxygen atoms in total. The molecule has 2 amide bonds. The summed E-state index contributed by atoms with van der Waals surface area (Å²) in [5.74, 6) is 1.33. The van der Waals surface area contributed by atoms with Gasteiger partial charge in [-0.3, -0.25) is 19.6 Å². The topological polar surface area (TPSA) is 166 Å². The van der Waals surface area contributed by atoms with E-state index < -0.39 is 17.4 Å². The summed E-state index contributed by atoms with van der Waals surface area (Å²) in [6, 6.07) is 27.4. The van der Waals surface area contributed by atoms with Crippen molar-refractivity contribution < 1.29 is 29.0 Å². The van der Waals surface area contributed by atoms with Crippen LogP contribution >= 0.6 is 11.6 Å². The fourth-order valence-electron chi connectivity index (χ4n) is 10.8. The molecule has 0 saturated heterocycles. The predicted molar refractivity (Wildman–Crippen MR) is 258 cm³/mol. The molecule has 1 spiro atoms. The van der Waals surface area contributed by atoms with Gasteiger partial charge in [0.1, 0.15) is 22.7 Å². The van der Waals surface area contributed by atoms with E-state index in [1.54, 1.807) is 24.4 Å². The molecule has 1 saturated carbocycles. The number of hydrogen-bond acceptors (Lipinski definition) is 8. The van der Waals surface area contributed by atoms with Crippen molar-refractivity contribution in [3.05, 3.63) is 136 Å². The lowest BCUT2D eigenvalue weighted by Gasteiger charge is -2.47. The number of amides is 2. The zero-order chi connectivity index (χ0) is 46.3. The molecule has 1 fully saturated rings. The van der Waals surface area contributed by atoms with Gasteiger partial charge in [0.2, 0.25) is 5.91 Å². The van der Waals surface area contributed by atoms with Crippen LogP contribution < -0.4 is 25.8 Å². The summed E-state index contributed by atoms with van der Waals surface area (Å²) in [6.07, 6.45) is 13.6. The third-order valence-electron chi connectivity index (χ3n) is 14.3. The average molecular weight is 913 g/mol. The van der Waals surface area contributed by atoms with Gasteiger partial charge in [0.05, 0.1) is 13.2 Å². The number of carboxylic acid groups (broad SMARTS) is 1. The molecule has 2 heterocycles. The molecule has 0 radical (unpaired) electrons. The Morgan fingerprint density at radius 3 is 2.55 bits per heavy atom. The number of nitrogens with zero attached hydrogens (tertiary/aromatic N) is 2. The molecule has 346 valence electrons. The number of halogens is 1. The van der Waals surface area contributed by atoms with E-state index in [2.05, 4.69) is 58.7 Å². The Bertz CT molecular complexity index is 2520. The summed E-state index contributed by atoms with van der Waals surface area (Å²) < 4.78 is 12.9. The van der Waals surface area contributed by atoms with E-state index in [0.29, 0.717) is 80.8 Å². The van der Waals surface area contributed by atoms with E-state index in [1.807, 2.05) is 48.7 Å². The van der Waals surface area contributed by atoms with Gasteiger partial charge in [-0.25, -0.2) is 4.79 Å². The van der Waals surface area contributed by atoms with Gasteiger partial charge in [-0.1, -0.05) is 67.9 Å². The van der Waals surface area contributed by atoms with Crippen LogP contribution in [-0.2, 0) is 34.3 Å². The number of pyridine rings is 2. The zero-order valence-corrected chi connectivity index (χ0v) is 38.9. The number of anilines is 1. The third-order valence-corrected chi connectivity index (χ3v) is 14.6. The number of nitrogens with one attached hydrogen (secondary N) is 2.